The molecule has 1 amide bonds. The van der Waals surface area contributed by atoms with Crippen LogP contribution >= 0.6 is 0 Å². The minimum atomic E-state index is -0.267. The second-order valence-electron chi connectivity index (χ2n) is 6.67. The molecule has 1 aromatic carbocycles. The molecule has 4 rings (SSSR count). The highest BCUT2D eigenvalue weighted by Gasteiger charge is 2.34. The summed E-state index contributed by atoms with van der Waals surface area (Å²) in [6.45, 7) is 2.46. The molecule has 0 bridgehead atoms. The number of likely N-dealkylation sites (tertiary alicyclic amines) is 1. The van der Waals surface area contributed by atoms with E-state index < -0.39 is 0 Å². The predicted molar refractivity (Wildman–Crippen MR) is 95.5 cm³/mol. The van der Waals surface area contributed by atoms with Crippen LogP contribution in [0, 0.1) is 12.7 Å². The van der Waals surface area contributed by atoms with Gasteiger partial charge in [-0.1, -0.05) is 12.1 Å². The minimum Gasteiger partial charge on any atom is -0.443 e. The molecule has 7 heteroatoms. The van der Waals surface area contributed by atoms with Gasteiger partial charge in [-0.05, 0) is 37.5 Å². The number of nitrogens with zero attached hydrogens (tertiary/aromatic N) is 4. The highest BCUT2D eigenvalue weighted by molar-refractivity contribution is 5.92. The van der Waals surface area contributed by atoms with Crippen LogP contribution in [0.25, 0.3) is 0 Å². The first-order valence-electron chi connectivity index (χ1n) is 8.89. The van der Waals surface area contributed by atoms with Crippen LogP contribution in [-0.4, -0.2) is 32.3 Å². The van der Waals surface area contributed by atoms with Crippen molar-refractivity contribution < 1.29 is 13.6 Å². The summed E-state index contributed by atoms with van der Waals surface area (Å²) in [5.41, 5.74) is 2.03. The Morgan fingerprint density at radius 2 is 2.00 bits per heavy atom. The molecular formula is C20H19FN4O2. The van der Waals surface area contributed by atoms with Gasteiger partial charge in [0, 0.05) is 19.2 Å². The summed E-state index contributed by atoms with van der Waals surface area (Å²) in [5, 5.41) is 0. The van der Waals surface area contributed by atoms with Gasteiger partial charge >= 0.3 is 0 Å². The maximum Gasteiger partial charge on any atom is 0.274 e. The van der Waals surface area contributed by atoms with Crippen LogP contribution in [-0.2, 0) is 6.42 Å². The van der Waals surface area contributed by atoms with Crippen LogP contribution in [0.3, 0.4) is 0 Å². The van der Waals surface area contributed by atoms with Crippen molar-refractivity contribution in [3.8, 4) is 0 Å². The predicted octanol–water partition coefficient (Wildman–Crippen LogP) is 3.48. The molecule has 3 aromatic rings. The van der Waals surface area contributed by atoms with Gasteiger partial charge in [0.05, 0.1) is 18.1 Å². The number of hydrogen-bond donors (Lipinski definition) is 0. The number of amides is 1. The number of carbonyl (C=O) groups excluding carboxylic acids is 1. The summed E-state index contributed by atoms with van der Waals surface area (Å²) in [5.74, 6) is 0.781. The van der Waals surface area contributed by atoms with E-state index in [0.717, 1.165) is 24.1 Å². The zero-order valence-corrected chi connectivity index (χ0v) is 14.9. The Kier molecular flexibility index (Phi) is 4.66. The van der Waals surface area contributed by atoms with Gasteiger partial charge in [-0.2, -0.15) is 0 Å². The number of aromatic nitrogens is 3. The van der Waals surface area contributed by atoms with E-state index in [-0.39, 0.29) is 17.8 Å². The van der Waals surface area contributed by atoms with E-state index in [0.29, 0.717) is 30.3 Å². The fourth-order valence-corrected chi connectivity index (χ4v) is 3.28. The SMILES string of the molecule is Cc1cnc(C(=O)N2CCCC2c2ncc(Cc3ccc(F)cc3)o2)cn1. The first-order valence-corrected chi connectivity index (χ1v) is 8.89. The third-order valence-electron chi connectivity index (χ3n) is 4.66. The maximum atomic E-state index is 13.0. The molecule has 1 aliphatic rings. The molecule has 1 atom stereocenters. The zero-order chi connectivity index (χ0) is 18.8. The van der Waals surface area contributed by atoms with Crippen molar-refractivity contribution in [1.82, 2.24) is 19.9 Å². The highest BCUT2D eigenvalue weighted by Crippen LogP contribution is 2.32. The van der Waals surface area contributed by atoms with Crippen LogP contribution in [0.15, 0.2) is 47.3 Å². The number of aryl methyl sites for hydroxylation is 1. The Morgan fingerprint density at radius 3 is 2.74 bits per heavy atom. The molecule has 0 N–H and O–H groups in total. The van der Waals surface area contributed by atoms with Gasteiger partial charge in [-0.25, -0.2) is 14.4 Å². The van der Waals surface area contributed by atoms with Crippen molar-refractivity contribution >= 4 is 5.91 Å². The van der Waals surface area contributed by atoms with E-state index in [1.807, 2.05) is 6.92 Å². The Morgan fingerprint density at radius 1 is 1.19 bits per heavy atom. The molecule has 138 valence electrons. The van der Waals surface area contributed by atoms with Crippen molar-refractivity contribution in [2.24, 2.45) is 0 Å². The summed E-state index contributed by atoms with van der Waals surface area (Å²) < 4.78 is 18.9. The van der Waals surface area contributed by atoms with E-state index in [1.54, 1.807) is 29.4 Å². The van der Waals surface area contributed by atoms with Crippen molar-refractivity contribution in [3.63, 3.8) is 0 Å². The summed E-state index contributed by atoms with van der Waals surface area (Å²) >= 11 is 0. The fraction of sp³-hybridized carbons (Fsp3) is 0.300. The summed E-state index contributed by atoms with van der Waals surface area (Å²) in [4.78, 5) is 27.2. The lowest BCUT2D eigenvalue weighted by atomic mass is 10.1. The van der Waals surface area contributed by atoms with E-state index in [9.17, 15) is 9.18 Å². The van der Waals surface area contributed by atoms with E-state index in [2.05, 4.69) is 15.0 Å². The standard InChI is InChI=1S/C20H19FN4O2/c1-13-10-23-17(12-22-13)20(26)25-8-2-3-18(25)19-24-11-16(27-19)9-14-4-6-15(21)7-5-14/h4-7,10-12,18H,2-3,8-9H2,1H3. The van der Waals surface area contributed by atoms with E-state index >= 15 is 0 Å². The van der Waals surface area contributed by atoms with Gasteiger partial charge in [0.25, 0.3) is 5.91 Å². The van der Waals surface area contributed by atoms with Crippen LogP contribution in [0.1, 0.15) is 52.3 Å². The lowest BCUT2D eigenvalue weighted by Crippen LogP contribution is -2.31. The Hall–Kier alpha value is -3.09. The van der Waals surface area contributed by atoms with Crippen molar-refractivity contribution in [2.75, 3.05) is 6.54 Å². The number of benzene rings is 1. The van der Waals surface area contributed by atoms with E-state index in [4.69, 9.17) is 4.42 Å². The van der Waals surface area contributed by atoms with Gasteiger partial charge in [0.15, 0.2) is 0 Å². The molecule has 0 aliphatic carbocycles. The second-order valence-corrected chi connectivity index (χ2v) is 6.67. The summed E-state index contributed by atoms with van der Waals surface area (Å²) in [6, 6.07) is 6.08. The molecule has 0 radical (unpaired) electrons. The van der Waals surface area contributed by atoms with E-state index in [1.165, 1.54) is 18.3 Å². The first-order chi connectivity index (χ1) is 13.1. The molecule has 1 fully saturated rings. The average Bonchev–Trinajstić information content (AvgIpc) is 3.33. The number of hydrogen-bond acceptors (Lipinski definition) is 5. The molecule has 2 aromatic heterocycles. The molecule has 0 spiro atoms. The van der Waals surface area contributed by atoms with Gasteiger partial charge in [0.2, 0.25) is 5.89 Å². The topological polar surface area (TPSA) is 72.1 Å². The normalized spacial score (nSPS) is 16.7. The highest BCUT2D eigenvalue weighted by atomic mass is 19.1. The molecule has 6 nitrogen and oxygen atoms in total. The number of rotatable bonds is 4. The van der Waals surface area contributed by atoms with Gasteiger partial charge in [-0.15, -0.1) is 0 Å². The summed E-state index contributed by atoms with van der Waals surface area (Å²) in [7, 11) is 0. The van der Waals surface area contributed by atoms with Crippen LogP contribution in [0.2, 0.25) is 0 Å². The van der Waals surface area contributed by atoms with Crippen LogP contribution in [0.4, 0.5) is 4.39 Å². The Bertz CT molecular complexity index is 937. The van der Waals surface area contributed by atoms with Crippen molar-refractivity contribution in [3.05, 3.63) is 77.3 Å². The smallest absolute Gasteiger partial charge is 0.274 e. The van der Waals surface area contributed by atoms with Gasteiger partial charge < -0.3 is 9.32 Å². The lowest BCUT2D eigenvalue weighted by Gasteiger charge is -2.21. The summed E-state index contributed by atoms with van der Waals surface area (Å²) in [6.07, 6.45) is 6.96. The average molecular weight is 366 g/mol. The molecule has 3 heterocycles. The molecular weight excluding hydrogens is 347 g/mol. The second kappa shape index (κ2) is 7.26. The van der Waals surface area contributed by atoms with Crippen molar-refractivity contribution in [1.29, 1.82) is 0 Å². The molecule has 27 heavy (non-hydrogen) atoms. The number of oxazole rings is 1. The lowest BCUT2D eigenvalue weighted by molar-refractivity contribution is 0.0708. The minimum absolute atomic E-state index is 0.164. The van der Waals surface area contributed by atoms with Gasteiger partial charge in [-0.3, -0.25) is 9.78 Å². The largest absolute Gasteiger partial charge is 0.443 e. The molecule has 0 saturated carbocycles. The zero-order valence-electron chi connectivity index (χ0n) is 14.9. The third kappa shape index (κ3) is 3.72. The van der Waals surface area contributed by atoms with Crippen LogP contribution < -0.4 is 0 Å². The Labute approximate surface area is 156 Å². The fourth-order valence-electron chi connectivity index (χ4n) is 3.28. The molecule has 1 saturated heterocycles. The molecule has 1 aliphatic heterocycles. The van der Waals surface area contributed by atoms with Crippen LogP contribution in [0.5, 0.6) is 0 Å². The monoisotopic (exact) mass is 366 g/mol. The van der Waals surface area contributed by atoms with Crippen molar-refractivity contribution in [2.45, 2.75) is 32.2 Å². The third-order valence-corrected chi connectivity index (χ3v) is 4.66. The number of carbonyl (C=O) groups is 1. The first kappa shape index (κ1) is 17.3. The molecule has 1 unspecified atom stereocenters. The number of halogens is 1. The quantitative estimate of drug-likeness (QED) is 0.707. The van der Waals surface area contributed by atoms with Gasteiger partial charge in [0.1, 0.15) is 23.3 Å². The Balaban J connectivity index is 1.50. The maximum absolute atomic E-state index is 13.0.